The number of alkyl halides is 3. The molecule has 38 heavy (non-hydrogen) atoms. The summed E-state index contributed by atoms with van der Waals surface area (Å²) in [5.41, 5.74) is -0.475. The van der Waals surface area contributed by atoms with E-state index in [1.807, 2.05) is 0 Å². The van der Waals surface area contributed by atoms with E-state index in [0.29, 0.717) is 28.0 Å². The van der Waals surface area contributed by atoms with Crippen molar-refractivity contribution in [1.29, 1.82) is 0 Å². The number of fused-ring (bicyclic) bond motifs is 1. The summed E-state index contributed by atoms with van der Waals surface area (Å²) < 4.78 is 97.9. The molecule has 0 aliphatic rings. The number of halogens is 6. The fourth-order valence-electron chi connectivity index (χ4n) is 3.14. The van der Waals surface area contributed by atoms with E-state index in [1.165, 1.54) is 18.2 Å². The van der Waals surface area contributed by atoms with Gasteiger partial charge in [-0.15, -0.1) is 0 Å². The molecule has 2 N–H and O–H groups in total. The number of aromatic nitrogens is 1. The van der Waals surface area contributed by atoms with Crippen molar-refractivity contribution in [1.82, 2.24) is 4.98 Å². The first-order valence-electron chi connectivity index (χ1n) is 9.97. The highest BCUT2D eigenvalue weighted by atomic mass is 35.5. The van der Waals surface area contributed by atoms with Crippen molar-refractivity contribution in [2.45, 2.75) is 11.1 Å². The van der Waals surface area contributed by atoms with Crippen molar-refractivity contribution < 1.29 is 34.7 Å². The first-order valence-corrected chi connectivity index (χ1v) is 15.3. The highest BCUT2D eigenvalue weighted by Crippen LogP contribution is 2.42. The van der Waals surface area contributed by atoms with E-state index in [9.17, 15) is 30.0 Å². The lowest BCUT2D eigenvalue weighted by Crippen LogP contribution is -2.14. The minimum Gasteiger partial charge on any atom is -0.428 e. The molecule has 0 atom stereocenters. The maximum atomic E-state index is 12.9. The molecule has 0 saturated heterocycles. The van der Waals surface area contributed by atoms with Gasteiger partial charge in [0.2, 0.25) is 10.0 Å². The molecule has 3 aromatic carbocycles. The molecule has 0 aliphatic heterocycles. The zero-order valence-corrected chi connectivity index (χ0v) is 23.3. The number of thiazole rings is 1. The van der Waals surface area contributed by atoms with Crippen LogP contribution in [0.5, 0.6) is 10.9 Å². The molecule has 8 nitrogen and oxygen atoms in total. The van der Waals surface area contributed by atoms with Crippen LogP contribution >= 0.6 is 46.1 Å². The molecule has 0 bridgehead atoms. The molecule has 17 heteroatoms. The zero-order chi connectivity index (χ0) is 28.0. The van der Waals surface area contributed by atoms with Crippen LogP contribution in [0.2, 0.25) is 15.1 Å². The highest BCUT2D eigenvalue weighted by Gasteiger charge is 2.32. The third-order valence-corrected chi connectivity index (χ3v) is 8.61. The van der Waals surface area contributed by atoms with Gasteiger partial charge in [-0.2, -0.15) is 13.2 Å². The van der Waals surface area contributed by atoms with Crippen LogP contribution in [0, 0.1) is 0 Å². The monoisotopic (exact) mass is 645 g/mol. The molecule has 0 amide bonds. The van der Waals surface area contributed by atoms with Gasteiger partial charge in [0, 0.05) is 0 Å². The molecule has 1 heterocycles. The van der Waals surface area contributed by atoms with Crippen molar-refractivity contribution in [2.75, 3.05) is 15.7 Å². The van der Waals surface area contributed by atoms with Crippen molar-refractivity contribution in [3.8, 4) is 10.9 Å². The van der Waals surface area contributed by atoms with E-state index in [2.05, 4.69) is 14.4 Å². The molecule has 0 aliphatic carbocycles. The minimum absolute atomic E-state index is 0.0441. The van der Waals surface area contributed by atoms with E-state index in [1.54, 1.807) is 12.1 Å². The third kappa shape index (κ3) is 6.55. The van der Waals surface area contributed by atoms with Crippen LogP contribution < -0.4 is 14.2 Å². The summed E-state index contributed by atoms with van der Waals surface area (Å²) in [5.74, 6) is -0.0441. The maximum absolute atomic E-state index is 12.9. The third-order valence-electron chi connectivity index (χ3n) is 4.66. The Balaban J connectivity index is 1.57. The van der Waals surface area contributed by atoms with Crippen LogP contribution in [0.1, 0.15) is 5.56 Å². The smallest absolute Gasteiger partial charge is 0.416 e. The van der Waals surface area contributed by atoms with Gasteiger partial charge in [0.25, 0.3) is 15.2 Å². The quantitative estimate of drug-likeness (QED) is 0.219. The number of anilines is 2. The number of hydrogen-bond acceptors (Lipinski definition) is 7. The standard InChI is InChI=1S/C21H13Cl3F3N3O5S3/c1-37(31,32)29-11-3-4-17-16(9-11)28-20(36-17)35-19-14(23)7-12(8-15(19)24)30-38(33,34)18-5-2-10(6-13(18)22)21(25,26)27/h2-9,29-30H,1H3. The zero-order valence-electron chi connectivity index (χ0n) is 18.6. The van der Waals surface area contributed by atoms with Crippen molar-refractivity contribution >= 4 is 87.8 Å². The van der Waals surface area contributed by atoms with E-state index in [-0.39, 0.29) is 26.7 Å². The molecule has 0 unspecified atom stereocenters. The summed E-state index contributed by atoms with van der Waals surface area (Å²) in [5, 5.41) is -0.722. The first-order chi connectivity index (χ1) is 17.5. The van der Waals surface area contributed by atoms with Gasteiger partial charge < -0.3 is 4.74 Å². The second kappa shape index (κ2) is 10.2. The Morgan fingerprint density at radius 1 is 0.868 bits per heavy atom. The number of nitrogens with one attached hydrogen (secondary N) is 2. The van der Waals surface area contributed by atoms with Gasteiger partial charge in [0.15, 0.2) is 5.75 Å². The van der Waals surface area contributed by atoms with Gasteiger partial charge in [-0.3, -0.25) is 9.44 Å². The first kappa shape index (κ1) is 28.5. The highest BCUT2D eigenvalue weighted by molar-refractivity contribution is 7.93. The van der Waals surface area contributed by atoms with Crippen LogP contribution in [0.3, 0.4) is 0 Å². The Bertz CT molecular complexity index is 1760. The topological polar surface area (TPSA) is 114 Å². The van der Waals surface area contributed by atoms with Gasteiger partial charge in [-0.25, -0.2) is 21.8 Å². The predicted octanol–water partition coefficient (Wildman–Crippen LogP) is 7.24. The number of rotatable bonds is 7. The van der Waals surface area contributed by atoms with E-state index in [0.717, 1.165) is 23.7 Å². The number of ether oxygens (including phenoxy) is 1. The Hall–Kier alpha value is -2.49. The van der Waals surface area contributed by atoms with Gasteiger partial charge >= 0.3 is 6.18 Å². The molecule has 202 valence electrons. The Kier molecular flexibility index (Phi) is 7.69. The molecule has 0 spiro atoms. The van der Waals surface area contributed by atoms with Crippen LogP contribution in [0.4, 0.5) is 24.5 Å². The maximum Gasteiger partial charge on any atom is 0.416 e. The number of sulfonamides is 2. The van der Waals surface area contributed by atoms with Crippen molar-refractivity contribution in [3.63, 3.8) is 0 Å². The number of nitrogens with zero attached hydrogens (tertiary/aromatic N) is 1. The molecular formula is C21H13Cl3F3N3O5S3. The number of hydrogen-bond donors (Lipinski definition) is 2. The van der Waals surface area contributed by atoms with Gasteiger partial charge in [0.1, 0.15) is 4.90 Å². The van der Waals surface area contributed by atoms with Gasteiger partial charge in [0.05, 0.1) is 48.5 Å². The molecule has 0 radical (unpaired) electrons. The van der Waals surface area contributed by atoms with E-state index < -0.39 is 41.7 Å². The summed E-state index contributed by atoms with van der Waals surface area (Å²) in [6.07, 6.45) is -3.69. The normalized spacial score (nSPS) is 12.5. The average Bonchev–Trinajstić information content (AvgIpc) is 3.16. The van der Waals surface area contributed by atoms with Crippen LogP contribution in [0.25, 0.3) is 10.2 Å². The summed E-state index contributed by atoms with van der Waals surface area (Å²) in [7, 11) is -7.90. The van der Waals surface area contributed by atoms with E-state index >= 15 is 0 Å². The molecule has 0 fully saturated rings. The minimum atomic E-state index is -4.70. The predicted molar refractivity (Wildman–Crippen MR) is 142 cm³/mol. The lowest BCUT2D eigenvalue weighted by atomic mass is 10.2. The lowest BCUT2D eigenvalue weighted by Gasteiger charge is -2.14. The Morgan fingerprint density at radius 3 is 2.11 bits per heavy atom. The fourth-order valence-corrected chi connectivity index (χ4v) is 6.64. The summed E-state index contributed by atoms with van der Waals surface area (Å²) in [6.45, 7) is 0. The fraction of sp³-hybridized carbons (Fsp3) is 0.0952. The number of benzene rings is 3. The van der Waals surface area contributed by atoms with Crippen LogP contribution in [-0.4, -0.2) is 28.1 Å². The van der Waals surface area contributed by atoms with Gasteiger partial charge in [-0.1, -0.05) is 46.1 Å². The lowest BCUT2D eigenvalue weighted by molar-refractivity contribution is -0.137. The SMILES string of the molecule is CS(=O)(=O)Nc1ccc2sc(Oc3c(Cl)cc(NS(=O)(=O)c4ccc(C(F)(F)F)cc4Cl)cc3Cl)nc2c1. The summed E-state index contributed by atoms with van der Waals surface area (Å²) in [6, 6.07) is 8.89. The second-order valence-corrected chi connectivity index (χ2v) is 13.3. The Labute approximate surface area is 233 Å². The van der Waals surface area contributed by atoms with Gasteiger partial charge in [-0.05, 0) is 48.5 Å². The van der Waals surface area contributed by atoms with Crippen LogP contribution in [0.15, 0.2) is 53.4 Å². The average molecular weight is 647 g/mol. The van der Waals surface area contributed by atoms with E-state index in [4.69, 9.17) is 39.5 Å². The van der Waals surface area contributed by atoms with Crippen LogP contribution in [-0.2, 0) is 26.2 Å². The second-order valence-electron chi connectivity index (χ2n) is 7.66. The summed E-state index contributed by atoms with van der Waals surface area (Å²) >= 11 is 19.5. The largest absolute Gasteiger partial charge is 0.428 e. The molecule has 1 aromatic heterocycles. The molecule has 0 saturated carbocycles. The molecule has 4 aromatic rings. The molecular weight excluding hydrogens is 634 g/mol. The Morgan fingerprint density at radius 2 is 1.53 bits per heavy atom. The van der Waals surface area contributed by atoms with Crippen molar-refractivity contribution in [2.24, 2.45) is 0 Å². The summed E-state index contributed by atoms with van der Waals surface area (Å²) in [4.78, 5) is 3.69. The van der Waals surface area contributed by atoms with Crippen molar-refractivity contribution in [3.05, 3.63) is 69.2 Å². The molecule has 4 rings (SSSR count).